The van der Waals surface area contributed by atoms with Crippen LogP contribution in [0.15, 0.2) is 36.7 Å². The van der Waals surface area contributed by atoms with Gasteiger partial charge in [0.2, 0.25) is 0 Å². The lowest BCUT2D eigenvalue weighted by Crippen LogP contribution is -2.29. The molecule has 0 saturated carbocycles. The lowest BCUT2D eigenvalue weighted by Gasteiger charge is -2.13. The zero-order chi connectivity index (χ0) is 15.4. The summed E-state index contributed by atoms with van der Waals surface area (Å²) in [6, 6.07) is 5.87. The van der Waals surface area contributed by atoms with E-state index in [4.69, 9.17) is 5.11 Å². The molecule has 110 valence electrons. The van der Waals surface area contributed by atoms with Gasteiger partial charge in [0, 0.05) is 18.3 Å². The van der Waals surface area contributed by atoms with Crippen LogP contribution in [0, 0.1) is 6.92 Å². The van der Waals surface area contributed by atoms with Crippen LogP contribution in [0.4, 0.5) is 0 Å². The maximum atomic E-state index is 12.0. The van der Waals surface area contributed by atoms with Crippen molar-refractivity contribution in [3.8, 4) is 0 Å². The number of carboxylic acid groups (broad SMARTS) is 1. The molecule has 0 spiro atoms. The summed E-state index contributed by atoms with van der Waals surface area (Å²) in [6.07, 6.45) is 3.68. The monoisotopic (exact) mass is 287 g/mol. The summed E-state index contributed by atoms with van der Waals surface area (Å²) in [6.45, 7) is 4.36. The first-order chi connectivity index (χ1) is 9.97. The van der Waals surface area contributed by atoms with Crippen molar-refractivity contribution in [3.63, 3.8) is 0 Å². The number of hydrogen-bond donors (Lipinski definition) is 2. The maximum Gasteiger partial charge on any atom is 0.335 e. The standard InChI is InChI=1S/C15H17N3O3/c1-10-7-17-18(9-10)11(2)8-16-14(19)12-3-5-13(6-4-12)15(20)21/h3-7,9,11H,8H2,1-2H3,(H,16,19)(H,20,21)/t11-/m0/s1. The van der Waals surface area contributed by atoms with E-state index in [1.54, 1.807) is 10.9 Å². The number of amides is 1. The van der Waals surface area contributed by atoms with Crippen molar-refractivity contribution in [2.45, 2.75) is 19.9 Å². The third-order valence-electron chi connectivity index (χ3n) is 3.13. The molecule has 1 heterocycles. The van der Waals surface area contributed by atoms with E-state index >= 15 is 0 Å². The van der Waals surface area contributed by atoms with Crippen LogP contribution in [0.25, 0.3) is 0 Å². The smallest absolute Gasteiger partial charge is 0.335 e. The summed E-state index contributed by atoms with van der Waals surface area (Å²) in [5.74, 6) is -1.24. The minimum atomic E-state index is -1.01. The van der Waals surface area contributed by atoms with Gasteiger partial charge in [0.25, 0.3) is 5.91 Å². The molecule has 2 rings (SSSR count). The van der Waals surface area contributed by atoms with Crippen molar-refractivity contribution in [3.05, 3.63) is 53.3 Å². The summed E-state index contributed by atoms with van der Waals surface area (Å²) in [5.41, 5.74) is 1.66. The van der Waals surface area contributed by atoms with Crippen molar-refractivity contribution in [2.24, 2.45) is 0 Å². The Bertz CT molecular complexity index is 646. The third kappa shape index (κ3) is 3.68. The highest BCUT2D eigenvalue weighted by Crippen LogP contribution is 2.07. The summed E-state index contributed by atoms with van der Waals surface area (Å²) >= 11 is 0. The summed E-state index contributed by atoms with van der Waals surface area (Å²) in [7, 11) is 0. The van der Waals surface area contributed by atoms with Crippen LogP contribution in [0.1, 0.15) is 39.2 Å². The second kappa shape index (κ2) is 6.21. The minimum absolute atomic E-state index is 0.0425. The zero-order valence-corrected chi connectivity index (χ0v) is 11.9. The van der Waals surface area contributed by atoms with Crippen LogP contribution in [-0.2, 0) is 0 Å². The van der Waals surface area contributed by atoms with Gasteiger partial charge in [-0.05, 0) is 43.7 Å². The SMILES string of the molecule is Cc1cnn([C@@H](C)CNC(=O)c2ccc(C(=O)O)cc2)c1. The van der Waals surface area contributed by atoms with E-state index in [-0.39, 0.29) is 17.5 Å². The fourth-order valence-electron chi connectivity index (χ4n) is 1.87. The van der Waals surface area contributed by atoms with Gasteiger partial charge < -0.3 is 10.4 Å². The van der Waals surface area contributed by atoms with E-state index in [2.05, 4.69) is 10.4 Å². The fourth-order valence-corrected chi connectivity index (χ4v) is 1.87. The first-order valence-electron chi connectivity index (χ1n) is 6.59. The van der Waals surface area contributed by atoms with E-state index < -0.39 is 5.97 Å². The minimum Gasteiger partial charge on any atom is -0.478 e. The van der Waals surface area contributed by atoms with Gasteiger partial charge in [-0.25, -0.2) is 4.79 Å². The lowest BCUT2D eigenvalue weighted by atomic mass is 10.1. The first-order valence-corrected chi connectivity index (χ1v) is 6.59. The van der Waals surface area contributed by atoms with E-state index in [0.717, 1.165) is 5.56 Å². The van der Waals surface area contributed by atoms with Gasteiger partial charge in [-0.15, -0.1) is 0 Å². The second-order valence-electron chi connectivity index (χ2n) is 4.94. The highest BCUT2D eigenvalue weighted by molar-refractivity contribution is 5.95. The molecule has 1 amide bonds. The van der Waals surface area contributed by atoms with Crippen molar-refractivity contribution in [1.82, 2.24) is 15.1 Å². The maximum absolute atomic E-state index is 12.0. The summed E-state index contributed by atoms with van der Waals surface area (Å²) < 4.78 is 1.79. The second-order valence-corrected chi connectivity index (χ2v) is 4.94. The quantitative estimate of drug-likeness (QED) is 0.879. The highest BCUT2D eigenvalue weighted by atomic mass is 16.4. The molecule has 6 nitrogen and oxygen atoms in total. The Labute approximate surface area is 122 Å². The Morgan fingerprint density at radius 3 is 2.43 bits per heavy atom. The van der Waals surface area contributed by atoms with Crippen molar-refractivity contribution >= 4 is 11.9 Å². The lowest BCUT2D eigenvalue weighted by molar-refractivity contribution is 0.0696. The summed E-state index contributed by atoms with van der Waals surface area (Å²) in [5, 5.41) is 15.8. The van der Waals surface area contributed by atoms with Crippen LogP contribution in [0.3, 0.4) is 0 Å². The molecule has 2 aromatic rings. The molecule has 0 bridgehead atoms. The number of aromatic carboxylic acids is 1. The molecule has 1 aromatic heterocycles. The van der Waals surface area contributed by atoms with E-state index in [9.17, 15) is 9.59 Å². The third-order valence-corrected chi connectivity index (χ3v) is 3.13. The van der Waals surface area contributed by atoms with Gasteiger partial charge in [-0.2, -0.15) is 5.10 Å². The van der Waals surface area contributed by atoms with Gasteiger partial charge in [0.15, 0.2) is 0 Å². The number of carboxylic acids is 1. The molecule has 2 N–H and O–H groups in total. The first kappa shape index (κ1) is 14.8. The Balaban J connectivity index is 1.93. The summed E-state index contributed by atoms with van der Waals surface area (Å²) in [4.78, 5) is 22.7. The van der Waals surface area contributed by atoms with Crippen LogP contribution < -0.4 is 5.32 Å². The molecule has 0 saturated heterocycles. The number of carbonyl (C=O) groups excluding carboxylic acids is 1. The molecule has 21 heavy (non-hydrogen) atoms. The predicted octanol–water partition coefficient (Wildman–Crippen LogP) is 1.88. The average Bonchev–Trinajstić information content (AvgIpc) is 2.91. The fraction of sp³-hybridized carbons (Fsp3) is 0.267. The van der Waals surface area contributed by atoms with Crippen molar-refractivity contribution in [1.29, 1.82) is 0 Å². The van der Waals surface area contributed by atoms with Gasteiger partial charge in [-0.1, -0.05) is 0 Å². The van der Waals surface area contributed by atoms with Crippen molar-refractivity contribution in [2.75, 3.05) is 6.54 Å². The van der Waals surface area contributed by atoms with E-state index in [1.807, 2.05) is 20.0 Å². The Hall–Kier alpha value is -2.63. The number of carbonyl (C=O) groups is 2. The van der Waals surface area contributed by atoms with E-state index in [1.165, 1.54) is 24.3 Å². The van der Waals surface area contributed by atoms with Gasteiger partial charge in [0.1, 0.15) is 0 Å². The topological polar surface area (TPSA) is 84.2 Å². The Morgan fingerprint density at radius 2 is 1.90 bits per heavy atom. The number of hydrogen-bond acceptors (Lipinski definition) is 3. The Morgan fingerprint density at radius 1 is 1.29 bits per heavy atom. The molecule has 6 heteroatoms. The number of nitrogens with one attached hydrogen (secondary N) is 1. The molecule has 1 aromatic carbocycles. The van der Waals surface area contributed by atoms with Crippen LogP contribution in [0.5, 0.6) is 0 Å². The normalized spacial score (nSPS) is 11.9. The molecule has 0 radical (unpaired) electrons. The van der Waals surface area contributed by atoms with Gasteiger partial charge >= 0.3 is 5.97 Å². The molecule has 1 atom stereocenters. The van der Waals surface area contributed by atoms with Gasteiger partial charge in [0.05, 0.1) is 17.8 Å². The van der Waals surface area contributed by atoms with Gasteiger partial charge in [-0.3, -0.25) is 9.48 Å². The van der Waals surface area contributed by atoms with Crippen molar-refractivity contribution < 1.29 is 14.7 Å². The van der Waals surface area contributed by atoms with Crippen LogP contribution >= 0.6 is 0 Å². The molecule has 0 aliphatic rings. The van der Waals surface area contributed by atoms with Crippen LogP contribution in [-0.4, -0.2) is 33.3 Å². The predicted molar refractivity (Wildman–Crippen MR) is 77.4 cm³/mol. The highest BCUT2D eigenvalue weighted by Gasteiger charge is 2.10. The largest absolute Gasteiger partial charge is 0.478 e. The van der Waals surface area contributed by atoms with Crippen LogP contribution in [0.2, 0.25) is 0 Å². The van der Waals surface area contributed by atoms with E-state index in [0.29, 0.717) is 12.1 Å². The number of benzene rings is 1. The number of nitrogens with zero attached hydrogens (tertiary/aromatic N) is 2. The molecular weight excluding hydrogens is 270 g/mol. The molecule has 0 fully saturated rings. The molecule has 0 aliphatic heterocycles. The number of aryl methyl sites for hydroxylation is 1. The Kier molecular flexibility index (Phi) is 4.37. The molecule has 0 unspecified atom stereocenters. The zero-order valence-electron chi connectivity index (χ0n) is 11.9. The molecule has 0 aliphatic carbocycles. The molecular formula is C15H17N3O3. The number of rotatable bonds is 5. The average molecular weight is 287 g/mol. The number of aromatic nitrogens is 2.